The van der Waals surface area contributed by atoms with E-state index in [0.29, 0.717) is 23.9 Å². The Morgan fingerprint density at radius 1 is 1.28 bits per heavy atom. The SMILES string of the molecule is CCOc1ccc(C2NC(=S)N(C)C(C)=C2C(=O)OCCOC)cc1. The molecule has 1 heterocycles. The maximum absolute atomic E-state index is 12.6. The molecule has 0 radical (unpaired) electrons. The third kappa shape index (κ3) is 4.49. The van der Waals surface area contributed by atoms with Gasteiger partial charge in [0.25, 0.3) is 0 Å². The minimum atomic E-state index is -0.379. The minimum absolute atomic E-state index is 0.205. The van der Waals surface area contributed by atoms with Crippen LogP contribution >= 0.6 is 12.2 Å². The van der Waals surface area contributed by atoms with Gasteiger partial charge in [-0.05, 0) is 43.8 Å². The lowest BCUT2D eigenvalue weighted by Gasteiger charge is -2.35. The van der Waals surface area contributed by atoms with E-state index < -0.39 is 0 Å². The van der Waals surface area contributed by atoms with Crippen LogP contribution in [0.3, 0.4) is 0 Å². The van der Waals surface area contributed by atoms with Crippen LogP contribution < -0.4 is 10.1 Å². The van der Waals surface area contributed by atoms with E-state index in [1.165, 1.54) is 0 Å². The highest BCUT2D eigenvalue weighted by molar-refractivity contribution is 7.80. The summed E-state index contributed by atoms with van der Waals surface area (Å²) >= 11 is 5.38. The summed E-state index contributed by atoms with van der Waals surface area (Å²) in [5, 5.41) is 3.77. The smallest absolute Gasteiger partial charge is 0.338 e. The number of carbonyl (C=O) groups excluding carboxylic acids is 1. The fourth-order valence-electron chi connectivity index (χ4n) is 2.57. The van der Waals surface area contributed by atoms with Crippen LogP contribution in [0.2, 0.25) is 0 Å². The zero-order valence-electron chi connectivity index (χ0n) is 15.0. The molecule has 2 rings (SSSR count). The Morgan fingerprint density at radius 3 is 2.56 bits per heavy atom. The highest BCUT2D eigenvalue weighted by atomic mass is 32.1. The summed E-state index contributed by atoms with van der Waals surface area (Å²) in [6, 6.07) is 7.24. The fraction of sp³-hybridized carbons (Fsp3) is 0.444. The molecule has 1 aliphatic rings. The normalized spacial score (nSPS) is 17.4. The number of rotatable bonds is 7. The van der Waals surface area contributed by atoms with E-state index in [1.807, 2.05) is 45.2 Å². The van der Waals surface area contributed by atoms with Crippen molar-refractivity contribution in [2.75, 3.05) is 34.0 Å². The Labute approximate surface area is 153 Å². The van der Waals surface area contributed by atoms with Gasteiger partial charge in [-0.15, -0.1) is 0 Å². The molecule has 0 saturated carbocycles. The minimum Gasteiger partial charge on any atom is -0.494 e. The van der Waals surface area contributed by atoms with Crippen molar-refractivity contribution in [2.45, 2.75) is 19.9 Å². The van der Waals surface area contributed by atoms with E-state index in [-0.39, 0.29) is 18.6 Å². The molecule has 0 bridgehead atoms. The number of carbonyl (C=O) groups is 1. The maximum atomic E-state index is 12.6. The van der Waals surface area contributed by atoms with Crippen molar-refractivity contribution in [3.63, 3.8) is 0 Å². The molecule has 1 unspecified atom stereocenters. The molecule has 0 aromatic heterocycles. The number of allylic oxidation sites excluding steroid dienone is 1. The summed E-state index contributed by atoms with van der Waals surface area (Å²) in [5.74, 6) is 0.405. The molecule has 1 atom stereocenters. The number of esters is 1. The fourth-order valence-corrected chi connectivity index (χ4v) is 2.82. The predicted molar refractivity (Wildman–Crippen MR) is 99.4 cm³/mol. The summed E-state index contributed by atoms with van der Waals surface area (Å²) in [6.07, 6.45) is 0. The molecular weight excluding hydrogens is 340 g/mol. The molecule has 136 valence electrons. The quantitative estimate of drug-likeness (QED) is 0.453. The van der Waals surface area contributed by atoms with Crippen LogP contribution in [0.1, 0.15) is 25.5 Å². The number of benzene rings is 1. The molecule has 7 heteroatoms. The van der Waals surface area contributed by atoms with Crippen LogP contribution in [0.5, 0.6) is 5.75 Å². The molecule has 1 aromatic carbocycles. The predicted octanol–water partition coefficient (Wildman–Crippen LogP) is 2.41. The summed E-state index contributed by atoms with van der Waals surface area (Å²) in [7, 11) is 3.39. The molecule has 0 spiro atoms. The third-order valence-corrected chi connectivity index (χ3v) is 4.41. The topological polar surface area (TPSA) is 60.0 Å². The lowest BCUT2D eigenvalue weighted by molar-refractivity contribution is -0.140. The summed E-state index contributed by atoms with van der Waals surface area (Å²) in [6.45, 7) is 4.96. The Balaban J connectivity index is 2.32. The largest absolute Gasteiger partial charge is 0.494 e. The highest BCUT2D eigenvalue weighted by Gasteiger charge is 2.33. The summed E-state index contributed by atoms with van der Waals surface area (Å²) in [5.41, 5.74) is 2.22. The van der Waals surface area contributed by atoms with Gasteiger partial charge < -0.3 is 24.4 Å². The number of methoxy groups -OCH3 is 1. The van der Waals surface area contributed by atoms with Crippen molar-refractivity contribution >= 4 is 23.3 Å². The number of thiocarbonyl (C=S) groups is 1. The zero-order chi connectivity index (χ0) is 18.4. The highest BCUT2D eigenvalue weighted by Crippen LogP contribution is 2.31. The van der Waals surface area contributed by atoms with Crippen molar-refractivity contribution < 1.29 is 19.0 Å². The monoisotopic (exact) mass is 364 g/mol. The van der Waals surface area contributed by atoms with Crippen LogP contribution in [0.15, 0.2) is 35.5 Å². The van der Waals surface area contributed by atoms with Crippen molar-refractivity contribution in [3.8, 4) is 5.75 Å². The summed E-state index contributed by atoms with van der Waals surface area (Å²) in [4.78, 5) is 14.4. The van der Waals surface area contributed by atoms with Crippen LogP contribution in [0.25, 0.3) is 0 Å². The van der Waals surface area contributed by atoms with Crippen LogP contribution in [-0.4, -0.2) is 50.0 Å². The van der Waals surface area contributed by atoms with Gasteiger partial charge in [0, 0.05) is 19.9 Å². The Morgan fingerprint density at radius 2 is 1.96 bits per heavy atom. The first kappa shape index (κ1) is 19.2. The van der Waals surface area contributed by atoms with E-state index in [9.17, 15) is 4.79 Å². The van der Waals surface area contributed by atoms with Gasteiger partial charge in [0.15, 0.2) is 5.11 Å². The third-order valence-electron chi connectivity index (χ3n) is 4.02. The lowest BCUT2D eigenvalue weighted by Crippen LogP contribution is -2.46. The van der Waals surface area contributed by atoms with Gasteiger partial charge in [-0.3, -0.25) is 0 Å². The Kier molecular flexibility index (Phi) is 6.78. The van der Waals surface area contributed by atoms with Crippen molar-refractivity contribution in [1.82, 2.24) is 10.2 Å². The number of nitrogens with zero attached hydrogens (tertiary/aromatic N) is 1. The molecule has 6 nitrogen and oxygen atoms in total. The molecule has 0 amide bonds. The van der Waals surface area contributed by atoms with Crippen LogP contribution in [0.4, 0.5) is 0 Å². The average Bonchev–Trinajstić information content (AvgIpc) is 2.60. The number of nitrogens with one attached hydrogen (secondary N) is 1. The second kappa shape index (κ2) is 8.82. The maximum Gasteiger partial charge on any atom is 0.338 e. The van der Waals surface area contributed by atoms with Gasteiger partial charge in [-0.25, -0.2) is 4.79 Å². The van der Waals surface area contributed by atoms with E-state index in [4.69, 9.17) is 26.4 Å². The van der Waals surface area contributed by atoms with E-state index in [1.54, 1.807) is 12.0 Å². The Bertz CT molecular complexity index is 658. The van der Waals surface area contributed by atoms with Crippen LogP contribution in [-0.2, 0) is 14.3 Å². The zero-order valence-corrected chi connectivity index (χ0v) is 15.8. The second-order valence-electron chi connectivity index (χ2n) is 5.57. The molecule has 1 aromatic rings. The van der Waals surface area contributed by atoms with Gasteiger partial charge >= 0.3 is 5.97 Å². The first-order valence-electron chi connectivity index (χ1n) is 8.13. The Hall–Kier alpha value is -2.12. The first-order valence-corrected chi connectivity index (χ1v) is 8.54. The summed E-state index contributed by atoms with van der Waals surface area (Å²) < 4.78 is 15.7. The average molecular weight is 364 g/mol. The molecule has 1 aliphatic heterocycles. The lowest BCUT2D eigenvalue weighted by atomic mass is 9.95. The van der Waals surface area contributed by atoms with Gasteiger partial charge in [0.1, 0.15) is 12.4 Å². The molecule has 1 N–H and O–H groups in total. The molecule has 25 heavy (non-hydrogen) atoms. The molecular formula is C18H24N2O4S. The van der Waals surface area contributed by atoms with Gasteiger partial charge in [0.05, 0.1) is 24.8 Å². The number of ether oxygens (including phenoxy) is 3. The van der Waals surface area contributed by atoms with Crippen molar-refractivity contribution in [3.05, 3.63) is 41.1 Å². The standard InChI is InChI=1S/C18H24N2O4S/c1-5-23-14-8-6-13(7-9-14)16-15(17(21)24-11-10-22-4)12(2)20(3)18(25)19-16/h6-9,16H,5,10-11H2,1-4H3,(H,19,25). The van der Waals surface area contributed by atoms with Crippen LogP contribution in [0, 0.1) is 0 Å². The molecule has 0 saturated heterocycles. The van der Waals surface area contributed by atoms with E-state index >= 15 is 0 Å². The van der Waals surface area contributed by atoms with Crippen molar-refractivity contribution in [2.24, 2.45) is 0 Å². The van der Waals surface area contributed by atoms with E-state index in [0.717, 1.165) is 17.0 Å². The second-order valence-corrected chi connectivity index (χ2v) is 5.96. The molecule has 0 fully saturated rings. The first-order chi connectivity index (χ1) is 12.0. The van der Waals surface area contributed by atoms with Gasteiger partial charge in [-0.1, -0.05) is 12.1 Å². The van der Waals surface area contributed by atoms with Gasteiger partial charge in [-0.2, -0.15) is 0 Å². The van der Waals surface area contributed by atoms with Crippen molar-refractivity contribution in [1.29, 1.82) is 0 Å². The number of hydrogen-bond donors (Lipinski definition) is 1. The molecule has 0 aliphatic carbocycles. The number of hydrogen-bond acceptors (Lipinski definition) is 5. The van der Waals surface area contributed by atoms with E-state index in [2.05, 4.69) is 5.32 Å². The van der Waals surface area contributed by atoms with Gasteiger partial charge in [0.2, 0.25) is 0 Å².